The summed E-state index contributed by atoms with van der Waals surface area (Å²) in [6, 6.07) is 10.6. The van der Waals surface area contributed by atoms with Crippen LogP contribution in [0.3, 0.4) is 0 Å². The van der Waals surface area contributed by atoms with Gasteiger partial charge in [0.05, 0.1) is 0 Å². The van der Waals surface area contributed by atoms with Crippen molar-refractivity contribution in [3.05, 3.63) is 47.5 Å². The van der Waals surface area contributed by atoms with E-state index in [2.05, 4.69) is 67.6 Å². The largest absolute Gasteiger partial charge is 0.357 e. The van der Waals surface area contributed by atoms with Gasteiger partial charge in [0, 0.05) is 26.1 Å². The highest BCUT2D eigenvalue weighted by Crippen LogP contribution is 2.14. The predicted octanol–water partition coefficient (Wildman–Crippen LogP) is 2.92. The number of aliphatic imine (C=N–C) groups is 1. The zero-order chi connectivity index (χ0) is 17.3. The van der Waals surface area contributed by atoms with Crippen molar-refractivity contribution < 1.29 is 0 Å². The van der Waals surface area contributed by atoms with Crippen LogP contribution in [0.1, 0.15) is 43.4 Å². The molecule has 2 aromatic rings. The molecular formula is C19H29IN6. The van der Waals surface area contributed by atoms with Crippen LogP contribution in [0.4, 0.5) is 0 Å². The summed E-state index contributed by atoms with van der Waals surface area (Å²) in [5, 5.41) is 15.3. The average molecular weight is 468 g/mol. The van der Waals surface area contributed by atoms with Crippen molar-refractivity contribution in [2.24, 2.45) is 4.99 Å². The maximum absolute atomic E-state index is 4.68. The smallest absolute Gasteiger partial charge is 0.191 e. The van der Waals surface area contributed by atoms with Crippen LogP contribution in [-0.2, 0) is 25.9 Å². The molecule has 0 bridgehead atoms. The van der Waals surface area contributed by atoms with Gasteiger partial charge in [-0.25, -0.2) is 4.99 Å². The van der Waals surface area contributed by atoms with Gasteiger partial charge in [-0.3, -0.25) is 0 Å². The fourth-order valence-electron chi connectivity index (χ4n) is 3.12. The van der Waals surface area contributed by atoms with Crippen LogP contribution < -0.4 is 10.6 Å². The summed E-state index contributed by atoms with van der Waals surface area (Å²) in [5.41, 5.74) is 1.38. The second kappa shape index (κ2) is 11.2. The van der Waals surface area contributed by atoms with Gasteiger partial charge in [-0.15, -0.1) is 34.2 Å². The molecule has 1 aromatic carbocycles. The van der Waals surface area contributed by atoms with Crippen molar-refractivity contribution in [3.8, 4) is 0 Å². The van der Waals surface area contributed by atoms with Gasteiger partial charge in [-0.05, 0) is 38.2 Å². The molecule has 1 aromatic heterocycles. The maximum Gasteiger partial charge on any atom is 0.191 e. The molecule has 0 amide bonds. The lowest BCUT2D eigenvalue weighted by Gasteiger charge is -2.14. The normalized spacial score (nSPS) is 13.7. The van der Waals surface area contributed by atoms with Gasteiger partial charge in [0.1, 0.15) is 12.4 Å². The summed E-state index contributed by atoms with van der Waals surface area (Å²) >= 11 is 0. The number of benzene rings is 1. The molecular weight excluding hydrogens is 439 g/mol. The third-order valence-electron chi connectivity index (χ3n) is 4.44. The fourth-order valence-corrected chi connectivity index (χ4v) is 3.12. The molecule has 0 spiro atoms. The lowest BCUT2D eigenvalue weighted by atomic mass is 10.1. The van der Waals surface area contributed by atoms with E-state index in [1.165, 1.54) is 18.4 Å². The molecule has 7 heteroatoms. The van der Waals surface area contributed by atoms with E-state index in [0.29, 0.717) is 6.54 Å². The number of nitrogens with one attached hydrogen (secondary N) is 2. The first-order chi connectivity index (χ1) is 12.4. The number of fused-ring (bicyclic) bond motifs is 1. The molecule has 1 aliphatic heterocycles. The molecule has 0 saturated carbocycles. The number of aromatic nitrogens is 3. The maximum atomic E-state index is 4.68. The minimum atomic E-state index is 0. The molecule has 142 valence electrons. The number of rotatable bonds is 7. The number of nitrogens with zero attached hydrogens (tertiary/aromatic N) is 4. The van der Waals surface area contributed by atoms with Crippen molar-refractivity contribution in [1.29, 1.82) is 0 Å². The van der Waals surface area contributed by atoms with Gasteiger partial charge in [0.25, 0.3) is 0 Å². The highest BCUT2D eigenvalue weighted by Gasteiger charge is 2.15. The van der Waals surface area contributed by atoms with Gasteiger partial charge in [-0.1, -0.05) is 30.3 Å². The van der Waals surface area contributed by atoms with Crippen LogP contribution in [0.15, 0.2) is 35.3 Å². The van der Waals surface area contributed by atoms with E-state index in [0.717, 1.165) is 56.5 Å². The molecule has 2 heterocycles. The Balaban J connectivity index is 0.00000243. The molecule has 0 atom stereocenters. The quantitative estimate of drug-likeness (QED) is 0.284. The van der Waals surface area contributed by atoms with Crippen LogP contribution in [0.2, 0.25) is 0 Å². The van der Waals surface area contributed by atoms with Gasteiger partial charge >= 0.3 is 0 Å². The summed E-state index contributed by atoms with van der Waals surface area (Å²) in [7, 11) is 0. The van der Waals surface area contributed by atoms with Gasteiger partial charge in [-0.2, -0.15) is 0 Å². The van der Waals surface area contributed by atoms with Gasteiger partial charge < -0.3 is 15.2 Å². The Morgan fingerprint density at radius 2 is 2.00 bits per heavy atom. The highest BCUT2D eigenvalue weighted by atomic mass is 127. The molecule has 0 fully saturated rings. The average Bonchev–Trinajstić information content (AvgIpc) is 3.07. The Kier molecular flexibility index (Phi) is 8.87. The van der Waals surface area contributed by atoms with Crippen LogP contribution in [-0.4, -0.2) is 33.8 Å². The molecule has 0 saturated heterocycles. The standard InChI is InChI=1S/C19H28N6.HI/c1-2-20-19(21-13-8-11-16-9-4-3-5-10-16)22-15-18-24-23-17-12-6-7-14-25(17)18;/h3-5,9-10H,2,6-8,11-15H2,1H3,(H2,20,21,22);1H. The van der Waals surface area contributed by atoms with E-state index in [4.69, 9.17) is 0 Å². The van der Waals surface area contributed by atoms with Crippen LogP contribution in [0, 0.1) is 0 Å². The van der Waals surface area contributed by atoms with Crippen molar-refractivity contribution >= 4 is 29.9 Å². The third kappa shape index (κ3) is 5.96. The van der Waals surface area contributed by atoms with E-state index in [1.807, 2.05) is 0 Å². The molecule has 1 aliphatic rings. The number of hydrogen-bond acceptors (Lipinski definition) is 3. The van der Waals surface area contributed by atoms with E-state index < -0.39 is 0 Å². The van der Waals surface area contributed by atoms with Crippen molar-refractivity contribution in [1.82, 2.24) is 25.4 Å². The zero-order valence-electron chi connectivity index (χ0n) is 15.4. The lowest BCUT2D eigenvalue weighted by Crippen LogP contribution is -2.38. The van der Waals surface area contributed by atoms with E-state index in [9.17, 15) is 0 Å². The molecule has 2 N–H and O–H groups in total. The fraction of sp³-hybridized carbons (Fsp3) is 0.526. The topological polar surface area (TPSA) is 67.1 Å². The Morgan fingerprint density at radius 1 is 1.15 bits per heavy atom. The molecule has 0 radical (unpaired) electrons. The number of halogens is 1. The SMILES string of the molecule is CCNC(=NCc1nnc2n1CCCC2)NCCCc1ccccc1.I. The summed E-state index contributed by atoms with van der Waals surface area (Å²) in [5.74, 6) is 2.93. The second-order valence-corrected chi connectivity index (χ2v) is 6.35. The number of hydrogen-bond donors (Lipinski definition) is 2. The highest BCUT2D eigenvalue weighted by molar-refractivity contribution is 14.0. The van der Waals surface area contributed by atoms with Crippen molar-refractivity contribution in [3.63, 3.8) is 0 Å². The Bertz CT molecular complexity index is 683. The minimum absolute atomic E-state index is 0. The van der Waals surface area contributed by atoms with E-state index >= 15 is 0 Å². The van der Waals surface area contributed by atoms with Gasteiger partial charge in [0.15, 0.2) is 11.8 Å². The Morgan fingerprint density at radius 3 is 2.81 bits per heavy atom. The monoisotopic (exact) mass is 468 g/mol. The van der Waals surface area contributed by atoms with Crippen LogP contribution in [0.5, 0.6) is 0 Å². The Hall–Kier alpha value is -1.64. The minimum Gasteiger partial charge on any atom is -0.357 e. The first-order valence-corrected chi connectivity index (χ1v) is 9.34. The van der Waals surface area contributed by atoms with Crippen molar-refractivity contribution in [2.75, 3.05) is 13.1 Å². The molecule has 3 rings (SSSR count). The van der Waals surface area contributed by atoms with Crippen LogP contribution in [0.25, 0.3) is 0 Å². The molecule has 26 heavy (non-hydrogen) atoms. The first-order valence-electron chi connectivity index (χ1n) is 9.34. The summed E-state index contributed by atoms with van der Waals surface area (Å²) in [6.45, 7) is 5.43. The third-order valence-corrected chi connectivity index (χ3v) is 4.44. The number of aryl methyl sites for hydroxylation is 2. The summed E-state index contributed by atoms with van der Waals surface area (Å²) in [4.78, 5) is 4.68. The second-order valence-electron chi connectivity index (χ2n) is 6.35. The Labute approximate surface area is 172 Å². The zero-order valence-corrected chi connectivity index (χ0v) is 17.8. The van der Waals surface area contributed by atoms with E-state index in [1.54, 1.807) is 0 Å². The van der Waals surface area contributed by atoms with Crippen LogP contribution >= 0.6 is 24.0 Å². The van der Waals surface area contributed by atoms with Gasteiger partial charge in [0.2, 0.25) is 0 Å². The predicted molar refractivity (Wildman–Crippen MR) is 116 cm³/mol. The first kappa shape index (κ1) is 20.7. The lowest BCUT2D eigenvalue weighted by molar-refractivity contribution is 0.508. The van der Waals surface area contributed by atoms with Crippen molar-refractivity contribution in [2.45, 2.75) is 52.1 Å². The number of guanidine groups is 1. The summed E-state index contributed by atoms with van der Waals surface area (Å²) < 4.78 is 2.23. The molecule has 6 nitrogen and oxygen atoms in total. The molecule has 0 aliphatic carbocycles. The molecule has 0 unspecified atom stereocenters. The van der Waals surface area contributed by atoms with E-state index in [-0.39, 0.29) is 24.0 Å². The summed E-state index contributed by atoms with van der Waals surface area (Å²) in [6.07, 6.45) is 5.61.